The maximum absolute atomic E-state index is 13.1. The Hall–Kier alpha value is -4.27. The minimum Gasteiger partial charge on any atom is -0.387 e. The van der Waals surface area contributed by atoms with Crippen LogP contribution in [0.4, 0.5) is 17.2 Å². The zero-order valence-corrected chi connectivity index (χ0v) is 26.4. The highest BCUT2D eigenvalue weighted by Crippen LogP contribution is 2.30. The first-order valence-corrected chi connectivity index (χ1v) is 14.6. The molecule has 2 aromatic carbocycles. The van der Waals surface area contributed by atoms with Crippen molar-refractivity contribution in [1.29, 1.82) is 0 Å². The van der Waals surface area contributed by atoms with Gasteiger partial charge in [-0.15, -0.1) is 0 Å². The van der Waals surface area contributed by atoms with Crippen LogP contribution in [0, 0.1) is 6.92 Å². The Morgan fingerprint density at radius 3 is 2.35 bits per heavy atom. The summed E-state index contributed by atoms with van der Waals surface area (Å²) in [5.41, 5.74) is 5.93. The van der Waals surface area contributed by atoms with Crippen LogP contribution in [0.25, 0.3) is 11.1 Å². The van der Waals surface area contributed by atoms with Gasteiger partial charge in [-0.3, -0.25) is 9.59 Å². The second-order valence-electron chi connectivity index (χ2n) is 12.5. The Bertz CT molecular complexity index is 1630. The van der Waals surface area contributed by atoms with Gasteiger partial charge in [-0.1, -0.05) is 51.1 Å². The highest BCUT2D eigenvalue weighted by Gasteiger charge is 2.17. The number of carbonyl (C=O) groups excluding carboxylic acids is 1. The maximum Gasteiger partial charge on any atom is 0.274 e. The van der Waals surface area contributed by atoms with E-state index in [2.05, 4.69) is 55.1 Å². The van der Waals surface area contributed by atoms with Crippen molar-refractivity contribution in [1.82, 2.24) is 14.5 Å². The summed E-state index contributed by atoms with van der Waals surface area (Å²) in [5.74, 6) is 0.316. The van der Waals surface area contributed by atoms with Crippen molar-refractivity contribution < 1.29 is 9.90 Å². The van der Waals surface area contributed by atoms with E-state index in [1.807, 2.05) is 62.5 Å². The van der Waals surface area contributed by atoms with E-state index in [1.54, 1.807) is 31.6 Å². The lowest BCUT2D eigenvalue weighted by molar-refractivity contribution is 0.102. The van der Waals surface area contributed by atoms with Crippen LogP contribution in [0.1, 0.15) is 67.8 Å². The standard InChI is InChI=1S/C35H43N5O3/c1-22(2)39(7)21-31(41)25-14-17-32(36-19-25)37-30-18-26(20-40(8)34(30)43)28-10-9-11-29(23(28)3)38-33(42)24-12-15-27(16-13-24)35(4,5)6/h9-20,22,31,41H,21H2,1-8H3,(H,36,37)(H,38,42). The van der Waals surface area contributed by atoms with Gasteiger partial charge in [0.25, 0.3) is 11.5 Å². The summed E-state index contributed by atoms with van der Waals surface area (Å²) >= 11 is 0. The fraction of sp³-hybridized carbons (Fsp3) is 0.343. The number of aromatic nitrogens is 2. The van der Waals surface area contributed by atoms with Crippen molar-refractivity contribution in [2.24, 2.45) is 7.05 Å². The van der Waals surface area contributed by atoms with Crippen molar-refractivity contribution in [3.8, 4) is 11.1 Å². The van der Waals surface area contributed by atoms with Gasteiger partial charge in [0.15, 0.2) is 0 Å². The number of likely N-dealkylation sites (N-methyl/N-ethyl adjacent to an activating group) is 1. The maximum atomic E-state index is 13.1. The number of anilines is 3. The molecule has 0 fully saturated rings. The van der Waals surface area contributed by atoms with Crippen LogP contribution in [-0.2, 0) is 12.5 Å². The lowest BCUT2D eigenvalue weighted by atomic mass is 9.86. The molecule has 1 unspecified atom stereocenters. The molecule has 0 aliphatic carbocycles. The molecule has 43 heavy (non-hydrogen) atoms. The summed E-state index contributed by atoms with van der Waals surface area (Å²) in [6.45, 7) is 13.0. The lowest BCUT2D eigenvalue weighted by Gasteiger charge is -2.24. The van der Waals surface area contributed by atoms with Crippen LogP contribution in [0.15, 0.2) is 77.9 Å². The Balaban J connectivity index is 1.55. The second kappa shape index (κ2) is 12.9. The number of rotatable bonds is 9. The molecule has 1 amide bonds. The Morgan fingerprint density at radius 2 is 1.74 bits per heavy atom. The Morgan fingerprint density at radius 1 is 1.05 bits per heavy atom. The summed E-state index contributed by atoms with van der Waals surface area (Å²) in [6, 6.07) is 19.1. The Kier molecular flexibility index (Phi) is 9.52. The zero-order chi connectivity index (χ0) is 31.5. The molecule has 4 aromatic rings. The molecule has 8 heteroatoms. The highest BCUT2D eigenvalue weighted by atomic mass is 16.3. The summed E-state index contributed by atoms with van der Waals surface area (Å²) in [7, 11) is 3.67. The first-order chi connectivity index (χ1) is 20.2. The third-order valence-electron chi connectivity index (χ3n) is 7.87. The first-order valence-electron chi connectivity index (χ1n) is 14.6. The number of carbonyl (C=O) groups is 1. The molecular formula is C35H43N5O3. The van der Waals surface area contributed by atoms with E-state index in [0.29, 0.717) is 40.9 Å². The molecule has 0 aliphatic heterocycles. The molecule has 8 nitrogen and oxygen atoms in total. The van der Waals surface area contributed by atoms with Crippen LogP contribution in [-0.4, -0.2) is 45.1 Å². The molecular weight excluding hydrogens is 538 g/mol. The highest BCUT2D eigenvalue weighted by molar-refractivity contribution is 6.05. The fourth-order valence-corrected chi connectivity index (χ4v) is 4.75. The van der Waals surface area contributed by atoms with E-state index >= 15 is 0 Å². The molecule has 0 spiro atoms. The van der Waals surface area contributed by atoms with Gasteiger partial charge in [-0.2, -0.15) is 0 Å². The summed E-state index contributed by atoms with van der Waals surface area (Å²) in [4.78, 5) is 32.6. The topological polar surface area (TPSA) is 99.5 Å². The number of nitrogens with zero attached hydrogens (tertiary/aromatic N) is 3. The van der Waals surface area contributed by atoms with E-state index in [-0.39, 0.29) is 16.9 Å². The molecule has 0 radical (unpaired) electrons. The summed E-state index contributed by atoms with van der Waals surface area (Å²) in [6.07, 6.45) is 2.75. The van der Waals surface area contributed by atoms with Crippen molar-refractivity contribution in [2.75, 3.05) is 24.2 Å². The van der Waals surface area contributed by atoms with E-state index in [0.717, 1.165) is 16.7 Å². The van der Waals surface area contributed by atoms with Gasteiger partial charge in [0, 0.05) is 54.4 Å². The molecule has 2 aromatic heterocycles. The molecule has 0 saturated carbocycles. The van der Waals surface area contributed by atoms with Gasteiger partial charge in [0.05, 0.1) is 6.10 Å². The average Bonchev–Trinajstić information content (AvgIpc) is 2.96. The lowest BCUT2D eigenvalue weighted by Crippen LogP contribution is -2.30. The fourth-order valence-electron chi connectivity index (χ4n) is 4.75. The first kappa shape index (κ1) is 31.7. The van der Waals surface area contributed by atoms with E-state index in [9.17, 15) is 14.7 Å². The monoisotopic (exact) mass is 581 g/mol. The zero-order valence-electron chi connectivity index (χ0n) is 26.4. The number of hydrogen-bond donors (Lipinski definition) is 3. The number of hydrogen-bond acceptors (Lipinski definition) is 6. The third-order valence-corrected chi connectivity index (χ3v) is 7.87. The third kappa shape index (κ3) is 7.58. The van der Waals surface area contributed by atoms with Crippen LogP contribution >= 0.6 is 0 Å². The van der Waals surface area contributed by atoms with Crippen molar-refractivity contribution in [3.63, 3.8) is 0 Å². The van der Waals surface area contributed by atoms with E-state index < -0.39 is 6.10 Å². The summed E-state index contributed by atoms with van der Waals surface area (Å²) < 4.78 is 1.53. The van der Waals surface area contributed by atoms with Gasteiger partial charge >= 0.3 is 0 Å². The van der Waals surface area contributed by atoms with Gasteiger partial charge in [-0.25, -0.2) is 4.98 Å². The van der Waals surface area contributed by atoms with Gasteiger partial charge in [-0.05, 0) is 80.3 Å². The molecule has 3 N–H and O–H groups in total. The normalized spacial score (nSPS) is 12.4. The number of pyridine rings is 2. The molecule has 2 heterocycles. The largest absolute Gasteiger partial charge is 0.387 e. The molecule has 0 bridgehead atoms. The second-order valence-corrected chi connectivity index (χ2v) is 12.5. The predicted molar refractivity (Wildman–Crippen MR) is 175 cm³/mol. The smallest absolute Gasteiger partial charge is 0.274 e. The predicted octanol–water partition coefficient (Wildman–Crippen LogP) is 6.42. The van der Waals surface area contributed by atoms with E-state index in [4.69, 9.17) is 0 Å². The SMILES string of the molecule is Cc1c(NC(=O)c2ccc(C(C)(C)C)cc2)cccc1-c1cc(Nc2ccc(C(O)CN(C)C(C)C)cn2)c(=O)n(C)c1. The molecule has 0 saturated heterocycles. The van der Waals surface area contributed by atoms with E-state index in [1.165, 1.54) is 10.1 Å². The van der Waals surface area contributed by atoms with Crippen LogP contribution in [0.5, 0.6) is 0 Å². The van der Waals surface area contributed by atoms with Crippen molar-refractivity contribution >= 4 is 23.1 Å². The number of aliphatic hydroxyl groups excluding tert-OH is 1. The number of benzene rings is 2. The van der Waals surface area contributed by atoms with Crippen LogP contribution in [0.3, 0.4) is 0 Å². The van der Waals surface area contributed by atoms with Gasteiger partial charge in [0.2, 0.25) is 0 Å². The average molecular weight is 582 g/mol. The van der Waals surface area contributed by atoms with Crippen molar-refractivity contribution in [2.45, 2.75) is 59.1 Å². The number of aliphatic hydroxyl groups is 1. The minimum absolute atomic E-state index is 0.00981. The van der Waals surface area contributed by atoms with Crippen LogP contribution < -0.4 is 16.2 Å². The Labute approximate surface area is 254 Å². The number of amides is 1. The van der Waals surface area contributed by atoms with Gasteiger partial charge < -0.3 is 25.2 Å². The number of aryl methyl sites for hydroxylation is 1. The number of nitrogens with one attached hydrogen (secondary N) is 2. The van der Waals surface area contributed by atoms with Crippen LogP contribution in [0.2, 0.25) is 0 Å². The van der Waals surface area contributed by atoms with Crippen molar-refractivity contribution in [3.05, 3.63) is 106 Å². The minimum atomic E-state index is -0.663. The van der Waals surface area contributed by atoms with Gasteiger partial charge in [0.1, 0.15) is 11.5 Å². The molecule has 1 atom stereocenters. The summed E-state index contributed by atoms with van der Waals surface area (Å²) in [5, 5.41) is 16.8. The molecule has 0 aliphatic rings. The quantitative estimate of drug-likeness (QED) is 0.211. The molecule has 226 valence electrons. The molecule has 4 rings (SSSR count).